The zero-order valence-corrected chi connectivity index (χ0v) is 15.9. The molecule has 0 unspecified atom stereocenters. The first kappa shape index (κ1) is 17.8. The molecule has 5 aromatic rings. The van der Waals surface area contributed by atoms with Crippen molar-refractivity contribution in [1.29, 1.82) is 0 Å². The van der Waals surface area contributed by atoms with Crippen LogP contribution in [0.25, 0.3) is 38.8 Å². The fourth-order valence-corrected chi connectivity index (χ4v) is 3.72. The van der Waals surface area contributed by atoms with Gasteiger partial charge in [0.2, 0.25) is 0 Å². The number of aromatic nitrogens is 6. The van der Waals surface area contributed by atoms with Crippen LogP contribution in [0.3, 0.4) is 0 Å². The molecule has 0 amide bonds. The number of carbonyl (C=O) groups is 1. The first-order valence-electron chi connectivity index (χ1n) is 9.18. The van der Waals surface area contributed by atoms with Crippen LogP contribution in [0.1, 0.15) is 0 Å². The van der Waals surface area contributed by atoms with Crippen LogP contribution in [0.4, 0.5) is 0 Å². The fraction of sp³-hybridized carbons (Fsp3) is 0.0952. The number of carboxylic acid groups (broad SMARTS) is 1. The number of imidazole rings is 1. The maximum Gasteiger partial charge on any atom is 0.334 e. The molecule has 1 N–H and O–H groups in total. The Kier molecular flexibility index (Phi) is 3.95. The number of aliphatic carboxylic acids is 1. The van der Waals surface area contributed by atoms with Gasteiger partial charge in [0.25, 0.3) is 0 Å². The summed E-state index contributed by atoms with van der Waals surface area (Å²) in [5.74, 6) is -1.08. The smallest absolute Gasteiger partial charge is 0.334 e. The number of hydrogen-bond donors (Lipinski definition) is 1. The lowest BCUT2D eigenvalue weighted by atomic mass is 10.0. The van der Waals surface area contributed by atoms with E-state index in [1.165, 1.54) is 15.3 Å². The molecule has 0 fully saturated rings. The van der Waals surface area contributed by atoms with E-state index < -0.39 is 18.2 Å². The van der Waals surface area contributed by atoms with Gasteiger partial charge in [0.1, 0.15) is 6.54 Å². The van der Waals surface area contributed by atoms with Gasteiger partial charge in [-0.25, -0.2) is 4.79 Å². The van der Waals surface area contributed by atoms with E-state index in [9.17, 15) is 14.7 Å². The molecular formula is C21H16N6O3. The zero-order chi connectivity index (χ0) is 20.8. The number of carboxylic acids is 1. The minimum Gasteiger partial charge on any atom is -0.480 e. The molecule has 148 valence electrons. The molecule has 9 nitrogen and oxygen atoms in total. The number of aryl methyl sites for hydroxylation is 1. The van der Waals surface area contributed by atoms with Crippen molar-refractivity contribution in [1.82, 2.24) is 28.9 Å². The van der Waals surface area contributed by atoms with Crippen molar-refractivity contribution in [2.24, 2.45) is 7.05 Å². The lowest BCUT2D eigenvalue weighted by Crippen LogP contribution is -2.26. The van der Waals surface area contributed by atoms with Crippen LogP contribution in [0.15, 0.2) is 66.1 Å². The van der Waals surface area contributed by atoms with E-state index >= 15 is 0 Å². The summed E-state index contributed by atoms with van der Waals surface area (Å²) in [7, 11) is 1.87. The molecular weight excluding hydrogens is 384 g/mol. The summed E-state index contributed by atoms with van der Waals surface area (Å²) >= 11 is 0. The number of hydrogen-bond acceptors (Lipinski definition) is 5. The van der Waals surface area contributed by atoms with Crippen molar-refractivity contribution in [2.45, 2.75) is 6.54 Å². The molecule has 0 saturated heterocycles. The molecule has 0 bridgehead atoms. The maximum absolute atomic E-state index is 13.0. The Morgan fingerprint density at radius 2 is 1.73 bits per heavy atom. The highest BCUT2D eigenvalue weighted by atomic mass is 16.4. The SMILES string of the molecule is Cn1ncc2c(-c3ccc(-n4c(=O)n(CC(=O)O)c5ccncc54)cc3)cncc21. The van der Waals surface area contributed by atoms with Crippen molar-refractivity contribution in [3.8, 4) is 16.8 Å². The topological polar surface area (TPSA) is 108 Å². The Labute approximate surface area is 169 Å². The minimum atomic E-state index is -1.08. The van der Waals surface area contributed by atoms with Gasteiger partial charge in [-0.05, 0) is 23.8 Å². The van der Waals surface area contributed by atoms with Crippen LogP contribution in [0, 0.1) is 0 Å². The van der Waals surface area contributed by atoms with Gasteiger partial charge in [-0.3, -0.25) is 28.6 Å². The second kappa shape index (κ2) is 6.66. The quantitative estimate of drug-likeness (QED) is 0.496. The third-order valence-corrected chi connectivity index (χ3v) is 5.14. The minimum absolute atomic E-state index is 0.418. The van der Waals surface area contributed by atoms with Crippen molar-refractivity contribution in [3.05, 3.63) is 71.8 Å². The lowest BCUT2D eigenvalue weighted by molar-refractivity contribution is -0.137. The van der Waals surface area contributed by atoms with E-state index in [0.29, 0.717) is 16.7 Å². The molecule has 0 aliphatic rings. The molecule has 4 heterocycles. The molecule has 0 aliphatic heterocycles. The summed E-state index contributed by atoms with van der Waals surface area (Å²) in [6.07, 6.45) is 8.45. The third kappa shape index (κ3) is 2.67. The number of nitrogens with zero attached hydrogens (tertiary/aromatic N) is 6. The third-order valence-electron chi connectivity index (χ3n) is 5.14. The van der Waals surface area contributed by atoms with E-state index in [1.807, 2.05) is 31.3 Å². The predicted octanol–water partition coefficient (Wildman–Crippen LogP) is 2.22. The molecule has 5 rings (SSSR count). The zero-order valence-electron chi connectivity index (χ0n) is 15.9. The summed E-state index contributed by atoms with van der Waals surface area (Å²) in [5.41, 5.74) is 4.06. The number of rotatable bonds is 4. The molecule has 0 saturated carbocycles. The molecule has 9 heteroatoms. The molecule has 0 atom stereocenters. The highest BCUT2D eigenvalue weighted by Crippen LogP contribution is 2.28. The lowest BCUT2D eigenvalue weighted by Gasteiger charge is -2.07. The number of benzene rings is 1. The van der Waals surface area contributed by atoms with Gasteiger partial charge in [0, 0.05) is 30.4 Å². The summed E-state index contributed by atoms with van der Waals surface area (Å²) in [5, 5.41) is 14.5. The van der Waals surface area contributed by atoms with Crippen molar-refractivity contribution in [3.63, 3.8) is 0 Å². The fourth-order valence-electron chi connectivity index (χ4n) is 3.72. The average Bonchev–Trinajstić information content (AvgIpc) is 3.26. The first-order chi connectivity index (χ1) is 14.5. The van der Waals surface area contributed by atoms with Gasteiger partial charge in [-0.2, -0.15) is 5.10 Å². The van der Waals surface area contributed by atoms with Crippen LogP contribution >= 0.6 is 0 Å². The second-order valence-corrected chi connectivity index (χ2v) is 6.90. The average molecular weight is 400 g/mol. The Balaban J connectivity index is 1.65. The normalized spacial score (nSPS) is 11.4. The van der Waals surface area contributed by atoms with Gasteiger partial charge in [0.05, 0.1) is 40.8 Å². The summed E-state index contributed by atoms with van der Waals surface area (Å²) in [6, 6.07) is 9.09. The summed E-state index contributed by atoms with van der Waals surface area (Å²) in [6.45, 7) is -0.418. The van der Waals surface area contributed by atoms with E-state index in [0.717, 1.165) is 22.0 Å². The highest BCUT2D eigenvalue weighted by molar-refractivity contribution is 5.93. The maximum atomic E-state index is 13.0. The van der Waals surface area contributed by atoms with Gasteiger partial charge < -0.3 is 5.11 Å². The molecule has 30 heavy (non-hydrogen) atoms. The molecule has 0 radical (unpaired) electrons. The second-order valence-electron chi connectivity index (χ2n) is 6.90. The van der Waals surface area contributed by atoms with Gasteiger partial charge >= 0.3 is 11.7 Å². The Hall–Kier alpha value is -4.27. The van der Waals surface area contributed by atoms with Crippen molar-refractivity contribution in [2.75, 3.05) is 0 Å². The van der Waals surface area contributed by atoms with E-state index in [2.05, 4.69) is 15.1 Å². The summed E-state index contributed by atoms with van der Waals surface area (Å²) in [4.78, 5) is 32.6. The van der Waals surface area contributed by atoms with Crippen LogP contribution < -0.4 is 5.69 Å². The van der Waals surface area contributed by atoms with Crippen LogP contribution in [-0.4, -0.2) is 40.0 Å². The van der Waals surface area contributed by atoms with Crippen LogP contribution in [0.2, 0.25) is 0 Å². The number of fused-ring (bicyclic) bond motifs is 2. The van der Waals surface area contributed by atoms with Crippen molar-refractivity contribution < 1.29 is 9.90 Å². The van der Waals surface area contributed by atoms with Crippen LogP contribution in [0.5, 0.6) is 0 Å². The highest BCUT2D eigenvalue weighted by Gasteiger charge is 2.17. The Bertz CT molecular complexity index is 1480. The monoisotopic (exact) mass is 400 g/mol. The largest absolute Gasteiger partial charge is 0.480 e. The van der Waals surface area contributed by atoms with E-state index in [1.54, 1.807) is 35.5 Å². The molecule has 0 aliphatic carbocycles. The van der Waals surface area contributed by atoms with Crippen molar-refractivity contribution >= 4 is 27.9 Å². The molecule has 1 aromatic carbocycles. The molecule has 0 spiro atoms. The van der Waals surface area contributed by atoms with Gasteiger partial charge in [0.15, 0.2) is 0 Å². The first-order valence-corrected chi connectivity index (χ1v) is 9.18. The Morgan fingerprint density at radius 3 is 2.50 bits per heavy atom. The van der Waals surface area contributed by atoms with Gasteiger partial charge in [-0.15, -0.1) is 0 Å². The van der Waals surface area contributed by atoms with E-state index in [4.69, 9.17) is 0 Å². The predicted molar refractivity (Wildman–Crippen MR) is 110 cm³/mol. The molecule has 4 aromatic heterocycles. The van der Waals surface area contributed by atoms with E-state index in [-0.39, 0.29) is 0 Å². The Morgan fingerprint density at radius 1 is 0.967 bits per heavy atom. The van der Waals surface area contributed by atoms with Gasteiger partial charge in [-0.1, -0.05) is 12.1 Å². The number of pyridine rings is 2. The standard InChI is InChI=1S/C21H16N6O3/c1-25-18-10-23-8-15(16(18)9-24-25)13-2-4-14(5-3-13)27-19-11-22-7-6-17(19)26(21(27)30)12-20(28)29/h2-11H,12H2,1H3,(H,28,29). The van der Waals surface area contributed by atoms with Crippen LogP contribution in [-0.2, 0) is 18.4 Å². The summed E-state index contributed by atoms with van der Waals surface area (Å²) < 4.78 is 4.47.